The van der Waals surface area contributed by atoms with Crippen LogP contribution < -0.4 is 10.3 Å². The molecule has 0 saturated carbocycles. The number of nitro benzene ring substituents is 1. The molecule has 0 N–H and O–H groups in total. The van der Waals surface area contributed by atoms with Crippen molar-refractivity contribution in [1.29, 1.82) is 0 Å². The van der Waals surface area contributed by atoms with Gasteiger partial charge in [-0.15, -0.1) is 0 Å². The van der Waals surface area contributed by atoms with Crippen molar-refractivity contribution in [2.75, 3.05) is 7.11 Å². The van der Waals surface area contributed by atoms with Crippen LogP contribution in [0.15, 0.2) is 50.8 Å². The number of aryl methyl sites for hydroxylation is 1. The highest BCUT2D eigenvalue weighted by atomic mass is 79.9. The average Bonchev–Trinajstić information content (AvgIpc) is 2.82. The highest BCUT2D eigenvalue weighted by molar-refractivity contribution is 9.10. The van der Waals surface area contributed by atoms with Gasteiger partial charge in [0.25, 0.3) is 5.56 Å². The van der Waals surface area contributed by atoms with Gasteiger partial charge in [0.1, 0.15) is 5.82 Å². The van der Waals surface area contributed by atoms with Gasteiger partial charge in [0.05, 0.1) is 29.2 Å². The van der Waals surface area contributed by atoms with E-state index in [1.165, 1.54) is 43.1 Å². The van der Waals surface area contributed by atoms with Crippen molar-refractivity contribution >= 4 is 44.7 Å². The van der Waals surface area contributed by atoms with Crippen LogP contribution in [0.1, 0.15) is 38.1 Å². The molecule has 1 atom stereocenters. The van der Waals surface area contributed by atoms with E-state index in [0.717, 1.165) is 17.3 Å². The zero-order valence-electron chi connectivity index (χ0n) is 18.9. The molecular formula is C23H23BrN4O6. The molecule has 3 aromatic rings. The molecule has 0 fully saturated rings. The molecule has 11 heteroatoms. The van der Waals surface area contributed by atoms with Crippen LogP contribution in [0.2, 0.25) is 0 Å². The largest absolute Gasteiger partial charge is 0.472 e. The van der Waals surface area contributed by atoms with Gasteiger partial charge in [-0.2, -0.15) is 9.78 Å². The lowest BCUT2D eigenvalue weighted by molar-refractivity contribution is -0.386. The summed E-state index contributed by atoms with van der Waals surface area (Å²) in [7, 11) is 1.20. The number of carbonyl (C=O) groups is 1. The Bertz CT molecular complexity index is 1320. The molecule has 1 heterocycles. The minimum absolute atomic E-state index is 0.0851. The number of hydrogen-bond donors (Lipinski definition) is 0. The normalized spacial score (nSPS) is 12.1. The molecule has 0 bridgehead atoms. The number of halogens is 1. The topological polar surface area (TPSA) is 126 Å². The number of rotatable bonds is 9. The standard InChI is InChI=1S/C23H23BrN4O6/c1-4-5-6-21-26-18-9-8-16(24)12-17(18)22(29)27(21)25-13-15-7-10-20(19(11-15)28(31)32)34-14(2)23(30)33-3/h7-14H,4-6H2,1-3H3/t14-/m0/s1. The zero-order chi connectivity index (χ0) is 24.8. The first-order valence-electron chi connectivity index (χ1n) is 10.5. The molecule has 0 aliphatic heterocycles. The molecule has 1 aromatic heterocycles. The Morgan fingerprint density at radius 2 is 2.09 bits per heavy atom. The summed E-state index contributed by atoms with van der Waals surface area (Å²) >= 11 is 3.37. The molecule has 178 valence electrons. The maximum Gasteiger partial charge on any atom is 0.346 e. The molecule has 0 aliphatic carbocycles. The molecule has 0 amide bonds. The number of nitrogens with zero attached hydrogens (tertiary/aromatic N) is 4. The number of methoxy groups -OCH3 is 1. The van der Waals surface area contributed by atoms with Crippen LogP contribution in [0.4, 0.5) is 5.69 Å². The molecular weight excluding hydrogens is 508 g/mol. The van der Waals surface area contributed by atoms with E-state index in [2.05, 4.69) is 30.8 Å². The molecule has 0 saturated heterocycles. The predicted octanol–water partition coefficient (Wildman–Crippen LogP) is 4.23. The number of fused-ring (bicyclic) bond motifs is 1. The Kier molecular flexibility index (Phi) is 8.11. The zero-order valence-corrected chi connectivity index (χ0v) is 20.4. The molecule has 2 aromatic carbocycles. The summed E-state index contributed by atoms with van der Waals surface area (Å²) in [5.74, 6) is -0.244. The first-order valence-corrected chi connectivity index (χ1v) is 11.3. The fourth-order valence-corrected chi connectivity index (χ4v) is 3.56. The number of unbranched alkanes of at least 4 members (excludes halogenated alkanes) is 1. The number of benzene rings is 2. The fourth-order valence-electron chi connectivity index (χ4n) is 3.20. The third-order valence-corrected chi connectivity index (χ3v) is 5.46. The van der Waals surface area contributed by atoms with Crippen molar-refractivity contribution in [3.63, 3.8) is 0 Å². The van der Waals surface area contributed by atoms with E-state index in [9.17, 15) is 19.7 Å². The Hall–Kier alpha value is -3.60. The van der Waals surface area contributed by atoms with Gasteiger partial charge in [-0.05, 0) is 43.7 Å². The second-order valence-corrected chi connectivity index (χ2v) is 8.34. The SMILES string of the molecule is CCCCc1nc2ccc(Br)cc2c(=O)n1N=Cc1ccc(O[C@@H](C)C(=O)OC)c([N+](=O)[O-])c1. The summed E-state index contributed by atoms with van der Waals surface area (Å²) in [4.78, 5) is 40.3. The van der Waals surface area contributed by atoms with Crippen molar-refractivity contribution in [1.82, 2.24) is 9.66 Å². The highest BCUT2D eigenvalue weighted by Crippen LogP contribution is 2.28. The number of aromatic nitrogens is 2. The number of nitro groups is 1. The second kappa shape index (κ2) is 11.0. The Morgan fingerprint density at radius 1 is 1.32 bits per heavy atom. The van der Waals surface area contributed by atoms with Crippen molar-refractivity contribution in [2.24, 2.45) is 5.10 Å². The van der Waals surface area contributed by atoms with Crippen LogP contribution in [0.5, 0.6) is 5.75 Å². The van der Waals surface area contributed by atoms with Gasteiger partial charge >= 0.3 is 11.7 Å². The quantitative estimate of drug-likeness (QED) is 0.175. The van der Waals surface area contributed by atoms with Gasteiger partial charge in [-0.3, -0.25) is 14.9 Å². The summed E-state index contributed by atoms with van der Waals surface area (Å²) < 4.78 is 11.9. The molecule has 10 nitrogen and oxygen atoms in total. The second-order valence-electron chi connectivity index (χ2n) is 7.42. The van der Waals surface area contributed by atoms with Crippen LogP contribution in [0.25, 0.3) is 10.9 Å². The van der Waals surface area contributed by atoms with E-state index < -0.39 is 17.0 Å². The lowest BCUT2D eigenvalue weighted by Gasteiger charge is -2.12. The van der Waals surface area contributed by atoms with E-state index in [1.807, 2.05) is 13.0 Å². The fraction of sp³-hybridized carbons (Fsp3) is 0.304. The molecule has 0 aliphatic rings. The van der Waals surface area contributed by atoms with Gasteiger partial charge in [-0.25, -0.2) is 9.78 Å². The first-order chi connectivity index (χ1) is 16.2. The van der Waals surface area contributed by atoms with Gasteiger partial charge in [0.15, 0.2) is 11.9 Å². The van der Waals surface area contributed by atoms with E-state index in [-0.39, 0.29) is 17.0 Å². The van der Waals surface area contributed by atoms with Gasteiger partial charge in [0, 0.05) is 22.5 Å². The van der Waals surface area contributed by atoms with Crippen LogP contribution in [0, 0.1) is 10.1 Å². The van der Waals surface area contributed by atoms with E-state index in [4.69, 9.17) is 4.74 Å². The Morgan fingerprint density at radius 3 is 2.76 bits per heavy atom. The number of hydrogen-bond acceptors (Lipinski definition) is 8. The molecule has 0 spiro atoms. The summed E-state index contributed by atoms with van der Waals surface area (Å²) in [6.45, 7) is 3.47. The summed E-state index contributed by atoms with van der Waals surface area (Å²) in [6.07, 6.45) is 2.61. The van der Waals surface area contributed by atoms with E-state index in [0.29, 0.717) is 28.7 Å². The monoisotopic (exact) mass is 530 g/mol. The highest BCUT2D eigenvalue weighted by Gasteiger charge is 2.22. The van der Waals surface area contributed by atoms with E-state index in [1.54, 1.807) is 12.1 Å². The Balaban J connectivity index is 2.02. The maximum absolute atomic E-state index is 13.1. The summed E-state index contributed by atoms with van der Waals surface area (Å²) in [5.41, 5.74) is 0.254. The Labute approximate surface area is 203 Å². The summed E-state index contributed by atoms with van der Waals surface area (Å²) in [6, 6.07) is 9.43. The lowest BCUT2D eigenvalue weighted by atomic mass is 10.2. The van der Waals surface area contributed by atoms with Crippen molar-refractivity contribution in [3.05, 3.63) is 72.7 Å². The summed E-state index contributed by atoms with van der Waals surface area (Å²) in [5, 5.41) is 16.3. The van der Waals surface area contributed by atoms with Crippen molar-refractivity contribution in [3.8, 4) is 5.75 Å². The minimum atomic E-state index is -1.02. The van der Waals surface area contributed by atoms with Crippen LogP contribution >= 0.6 is 15.9 Å². The van der Waals surface area contributed by atoms with E-state index >= 15 is 0 Å². The molecule has 0 unspecified atom stereocenters. The number of carbonyl (C=O) groups excluding carboxylic acids is 1. The number of ether oxygens (including phenoxy) is 2. The van der Waals surface area contributed by atoms with Crippen LogP contribution in [0.3, 0.4) is 0 Å². The van der Waals surface area contributed by atoms with Gasteiger partial charge in [0.2, 0.25) is 0 Å². The van der Waals surface area contributed by atoms with Crippen molar-refractivity contribution in [2.45, 2.75) is 39.2 Å². The minimum Gasteiger partial charge on any atom is -0.472 e. The smallest absolute Gasteiger partial charge is 0.346 e. The number of esters is 1. The molecule has 34 heavy (non-hydrogen) atoms. The molecule has 3 rings (SSSR count). The third-order valence-electron chi connectivity index (χ3n) is 4.97. The predicted molar refractivity (Wildman–Crippen MR) is 131 cm³/mol. The van der Waals surface area contributed by atoms with Crippen LogP contribution in [-0.2, 0) is 16.0 Å². The lowest BCUT2D eigenvalue weighted by Crippen LogP contribution is -2.25. The average molecular weight is 531 g/mol. The molecule has 0 radical (unpaired) electrons. The first kappa shape index (κ1) is 25.0. The van der Waals surface area contributed by atoms with Crippen molar-refractivity contribution < 1.29 is 19.2 Å². The van der Waals surface area contributed by atoms with Gasteiger partial charge < -0.3 is 9.47 Å². The van der Waals surface area contributed by atoms with Crippen LogP contribution in [-0.4, -0.2) is 40.0 Å². The van der Waals surface area contributed by atoms with Gasteiger partial charge in [-0.1, -0.05) is 29.3 Å². The third kappa shape index (κ3) is 5.66. The maximum atomic E-state index is 13.1.